The van der Waals surface area contributed by atoms with Gasteiger partial charge in [0.1, 0.15) is 0 Å². The summed E-state index contributed by atoms with van der Waals surface area (Å²) < 4.78 is 5.70. The number of aliphatic hydroxyl groups excluding tert-OH is 1. The number of hydrogen-bond acceptors (Lipinski definition) is 3. The van der Waals surface area contributed by atoms with E-state index in [1.807, 2.05) is 6.92 Å². The van der Waals surface area contributed by atoms with Crippen molar-refractivity contribution in [1.82, 2.24) is 0 Å². The Labute approximate surface area is 97.4 Å². The molecule has 1 saturated carbocycles. The molecule has 16 heavy (non-hydrogen) atoms. The van der Waals surface area contributed by atoms with Crippen LogP contribution in [0.1, 0.15) is 46.0 Å². The van der Waals surface area contributed by atoms with E-state index in [4.69, 9.17) is 4.74 Å². The van der Waals surface area contributed by atoms with Crippen molar-refractivity contribution in [3.63, 3.8) is 0 Å². The molecule has 1 aliphatic carbocycles. The van der Waals surface area contributed by atoms with Crippen LogP contribution in [0, 0.1) is 22.7 Å². The molecule has 90 valence electrons. The minimum absolute atomic E-state index is 0.125. The van der Waals surface area contributed by atoms with Crippen LogP contribution in [0.25, 0.3) is 0 Å². The normalized spacial score (nSPS) is 45.5. The van der Waals surface area contributed by atoms with E-state index < -0.39 is 11.5 Å². The molecule has 0 spiro atoms. The molecule has 0 amide bonds. The molecular weight excluding hydrogens is 202 g/mol. The van der Waals surface area contributed by atoms with Crippen molar-refractivity contribution in [2.75, 3.05) is 0 Å². The molecular formula is C13H21NO2. The lowest BCUT2D eigenvalue weighted by molar-refractivity contribution is -0.0713. The van der Waals surface area contributed by atoms with E-state index >= 15 is 0 Å². The Morgan fingerprint density at radius 3 is 2.56 bits per heavy atom. The van der Waals surface area contributed by atoms with Crippen molar-refractivity contribution in [2.24, 2.45) is 11.3 Å². The maximum atomic E-state index is 10.4. The monoisotopic (exact) mass is 223 g/mol. The van der Waals surface area contributed by atoms with Crippen molar-refractivity contribution in [2.45, 2.75) is 64.3 Å². The molecule has 2 rings (SSSR count). The highest BCUT2D eigenvalue weighted by Crippen LogP contribution is 2.46. The van der Waals surface area contributed by atoms with Crippen LogP contribution in [0.15, 0.2) is 0 Å². The maximum Gasteiger partial charge on any atom is 0.0987 e. The average molecular weight is 223 g/mol. The van der Waals surface area contributed by atoms with E-state index in [0.29, 0.717) is 5.92 Å². The summed E-state index contributed by atoms with van der Waals surface area (Å²) in [5.74, 6) is 0.549. The fraction of sp³-hybridized carbons (Fsp3) is 0.923. The first-order valence-corrected chi connectivity index (χ1v) is 6.32. The van der Waals surface area contributed by atoms with Crippen molar-refractivity contribution in [1.29, 1.82) is 5.26 Å². The Kier molecular flexibility index (Phi) is 3.23. The van der Waals surface area contributed by atoms with Crippen LogP contribution >= 0.6 is 0 Å². The average Bonchev–Trinajstić information content (AvgIpc) is 2.85. The van der Waals surface area contributed by atoms with Crippen molar-refractivity contribution in [3.8, 4) is 6.07 Å². The molecule has 5 unspecified atom stereocenters. The largest absolute Gasteiger partial charge is 0.389 e. The standard InChI is InChI=1S/C13H21NO2/c1-9-5-6-13(7-9,8-14)12(15)11-4-3-10(2)16-11/h9-12,15H,3-7H2,1-2H3. The van der Waals surface area contributed by atoms with Crippen LogP contribution in [0.5, 0.6) is 0 Å². The number of aliphatic hydroxyl groups is 1. The summed E-state index contributed by atoms with van der Waals surface area (Å²) >= 11 is 0. The summed E-state index contributed by atoms with van der Waals surface area (Å²) in [4.78, 5) is 0. The molecule has 3 heteroatoms. The maximum absolute atomic E-state index is 10.4. The van der Waals surface area contributed by atoms with E-state index in [-0.39, 0.29) is 12.2 Å². The zero-order valence-electron chi connectivity index (χ0n) is 10.1. The second kappa shape index (κ2) is 4.35. The quantitative estimate of drug-likeness (QED) is 0.781. The van der Waals surface area contributed by atoms with E-state index in [2.05, 4.69) is 13.0 Å². The Hall–Kier alpha value is -0.590. The number of hydrogen-bond donors (Lipinski definition) is 1. The summed E-state index contributed by atoms with van der Waals surface area (Å²) in [6.45, 7) is 4.19. The third-order valence-electron chi connectivity index (χ3n) is 4.20. The second-order valence-electron chi connectivity index (χ2n) is 5.62. The summed E-state index contributed by atoms with van der Waals surface area (Å²) in [5, 5.41) is 19.8. The lowest BCUT2D eigenvalue weighted by atomic mass is 9.78. The number of nitrogens with zero attached hydrogens (tertiary/aromatic N) is 1. The fourth-order valence-corrected chi connectivity index (χ4v) is 3.19. The Balaban J connectivity index is 2.07. The predicted molar refractivity (Wildman–Crippen MR) is 60.6 cm³/mol. The van der Waals surface area contributed by atoms with E-state index in [1.54, 1.807) is 0 Å². The molecule has 1 saturated heterocycles. The molecule has 2 aliphatic rings. The number of ether oxygens (including phenoxy) is 1. The summed E-state index contributed by atoms with van der Waals surface area (Å²) in [6.07, 6.45) is 4.08. The van der Waals surface area contributed by atoms with Gasteiger partial charge in [-0.2, -0.15) is 5.26 Å². The van der Waals surface area contributed by atoms with Gasteiger partial charge in [-0.25, -0.2) is 0 Å². The summed E-state index contributed by atoms with van der Waals surface area (Å²) in [7, 11) is 0. The van der Waals surface area contributed by atoms with Crippen molar-refractivity contribution in [3.05, 3.63) is 0 Å². The molecule has 0 bridgehead atoms. The van der Waals surface area contributed by atoms with Gasteiger partial charge in [0, 0.05) is 0 Å². The van der Waals surface area contributed by atoms with E-state index in [1.165, 1.54) is 0 Å². The van der Waals surface area contributed by atoms with Gasteiger partial charge in [-0.15, -0.1) is 0 Å². The summed E-state index contributed by atoms with van der Waals surface area (Å²) in [6, 6.07) is 2.37. The van der Waals surface area contributed by atoms with Crippen LogP contribution in [0.4, 0.5) is 0 Å². The lowest BCUT2D eigenvalue weighted by Crippen LogP contribution is -2.41. The van der Waals surface area contributed by atoms with Gasteiger partial charge in [0.2, 0.25) is 0 Å². The molecule has 1 N–H and O–H groups in total. The molecule has 0 aromatic heterocycles. The predicted octanol–water partition coefficient (Wildman–Crippen LogP) is 2.24. The Morgan fingerprint density at radius 2 is 2.12 bits per heavy atom. The van der Waals surface area contributed by atoms with Crippen LogP contribution < -0.4 is 0 Å². The molecule has 2 fully saturated rings. The highest BCUT2D eigenvalue weighted by atomic mass is 16.5. The second-order valence-corrected chi connectivity index (χ2v) is 5.62. The van der Waals surface area contributed by atoms with Gasteiger partial charge >= 0.3 is 0 Å². The van der Waals surface area contributed by atoms with Crippen molar-refractivity contribution < 1.29 is 9.84 Å². The van der Waals surface area contributed by atoms with Crippen LogP contribution in [-0.2, 0) is 4.74 Å². The van der Waals surface area contributed by atoms with Gasteiger partial charge < -0.3 is 9.84 Å². The van der Waals surface area contributed by atoms with Gasteiger partial charge in [0.25, 0.3) is 0 Å². The zero-order valence-corrected chi connectivity index (χ0v) is 10.1. The first kappa shape index (κ1) is 11.9. The third kappa shape index (κ3) is 1.97. The molecule has 0 aromatic carbocycles. The van der Waals surface area contributed by atoms with Gasteiger partial charge in [0.15, 0.2) is 0 Å². The van der Waals surface area contributed by atoms with Crippen LogP contribution in [0.3, 0.4) is 0 Å². The first-order chi connectivity index (χ1) is 7.57. The van der Waals surface area contributed by atoms with Gasteiger partial charge in [-0.05, 0) is 44.9 Å². The first-order valence-electron chi connectivity index (χ1n) is 6.32. The van der Waals surface area contributed by atoms with E-state index in [9.17, 15) is 10.4 Å². The van der Waals surface area contributed by atoms with Gasteiger partial charge in [-0.3, -0.25) is 0 Å². The molecule has 1 aliphatic heterocycles. The Bertz CT molecular complexity index is 299. The highest BCUT2D eigenvalue weighted by Gasteiger charge is 2.48. The van der Waals surface area contributed by atoms with Gasteiger partial charge in [0.05, 0.1) is 29.8 Å². The van der Waals surface area contributed by atoms with Crippen molar-refractivity contribution >= 4 is 0 Å². The zero-order chi connectivity index (χ0) is 11.8. The molecule has 5 atom stereocenters. The van der Waals surface area contributed by atoms with E-state index in [0.717, 1.165) is 32.1 Å². The summed E-state index contributed by atoms with van der Waals surface area (Å²) in [5.41, 5.74) is -0.547. The molecule has 3 nitrogen and oxygen atoms in total. The van der Waals surface area contributed by atoms with Crippen LogP contribution in [-0.4, -0.2) is 23.4 Å². The molecule has 0 radical (unpaired) electrons. The molecule has 0 aromatic rings. The topological polar surface area (TPSA) is 53.2 Å². The number of rotatable bonds is 2. The lowest BCUT2D eigenvalue weighted by Gasteiger charge is -2.31. The minimum atomic E-state index is -0.604. The Morgan fingerprint density at radius 1 is 1.38 bits per heavy atom. The SMILES string of the molecule is CC1CCC(C#N)(C(O)C2CCC(C)O2)C1. The van der Waals surface area contributed by atoms with Crippen LogP contribution in [0.2, 0.25) is 0 Å². The smallest absolute Gasteiger partial charge is 0.0987 e. The molecule has 1 heterocycles. The minimum Gasteiger partial charge on any atom is -0.389 e. The highest BCUT2D eigenvalue weighted by molar-refractivity contribution is 5.10. The third-order valence-corrected chi connectivity index (χ3v) is 4.20. The number of nitriles is 1. The fourth-order valence-electron chi connectivity index (χ4n) is 3.19. The van der Waals surface area contributed by atoms with Gasteiger partial charge in [-0.1, -0.05) is 6.92 Å².